The molecule has 24 heavy (non-hydrogen) atoms. The number of benzene rings is 1. The predicted octanol–water partition coefficient (Wildman–Crippen LogP) is 2.59. The Morgan fingerprint density at radius 3 is 2.46 bits per heavy atom. The summed E-state index contributed by atoms with van der Waals surface area (Å²) in [6.07, 6.45) is 5.49. The summed E-state index contributed by atoms with van der Waals surface area (Å²) in [7, 11) is 0. The average Bonchev–Trinajstić information content (AvgIpc) is 2.62. The second-order valence-electron chi connectivity index (χ2n) is 5.64. The molecule has 6 heteroatoms. The Balaban J connectivity index is 1.57. The average molecular weight is 328 g/mol. The number of anilines is 1. The molecule has 0 atom stereocenters. The molecule has 0 saturated carbocycles. The Morgan fingerprint density at radius 1 is 1.12 bits per heavy atom. The molecular formula is C18H20N2O4. The Hall–Kier alpha value is -2.76. The molecule has 0 spiro atoms. The third kappa shape index (κ3) is 4.16. The van der Waals surface area contributed by atoms with Crippen LogP contribution in [0.25, 0.3) is 0 Å². The Kier molecular flexibility index (Phi) is 5.15. The van der Waals surface area contributed by atoms with Crippen molar-refractivity contribution in [1.82, 2.24) is 4.98 Å². The summed E-state index contributed by atoms with van der Waals surface area (Å²) in [6, 6.07) is 11.2. The molecule has 1 aromatic heterocycles. The van der Waals surface area contributed by atoms with Gasteiger partial charge < -0.3 is 19.5 Å². The zero-order valence-electron chi connectivity index (χ0n) is 13.3. The number of aromatic nitrogens is 1. The summed E-state index contributed by atoms with van der Waals surface area (Å²) in [6.45, 7) is 1.44. The van der Waals surface area contributed by atoms with E-state index in [-0.39, 0.29) is 12.7 Å². The van der Waals surface area contributed by atoms with Crippen LogP contribution in [0.5, 0.6) is 11.5 Å². The van der Waals surface area contributed by atoms with Gasteiger partial charge in [-0.3, -0.25) is 4.98 Å². The van der Waals surface area contributed by atoms with Crippen molar-refractivity contribution in [2.24, 2.45) is 0 Å². The van der Waals surface area contributed by atoms with E-state index in [0.29, 0.717) is 11.5 Å². The topological polar surface area (TPSA) is 71.9 Å². The molecule has 1 aliphatic heterocycles. The van der Waals surface area contributed by atoms with Crippen LogP contribution in [0.15, 0.2) is 48.8 Å². The third-order valence-corrected chi connectivity index (χ3v) is 3.96. The van der Waals surface area contributed by atoms with Gasteiger partial charge in [-0.1, -0.05) is 12.1 Å². The van der Waals surface area contributed by atoms with E-state index < -0.39 is 5.97 Å². The minimum absolute atomic E-state index is 0.0951. The molecule has 126 valence electrons. The van der Waals surface area contributed by atoms with Crippen molar-refractivity contribution >= 4 is 11.7 Å². The summed E-state index contributed by atoms with van der Waals surface area (Å²) in [5, 5.41) is 8.75. The molecule has 0 amide bonds. The van der Waals surface area contributed by atoms with Crippen LogP contribution in [-0.4, -0.2) is 41.9 Å². The molecule has 1 fully saturated rings. The van der Waals surface area contributed by atoms with Crippen molar-refractivity contribution in [2.45, 2.75) is 18.9 Å². The number of aliphatic carboxylic acids is 1. The van der Waals surface area contributed by atoms with Crippen LogP contribution >= 0.6 is 0 Å². The van der Waals surface area contributed by atoms with Gasteiger partial charge in [0, 0.05) is 44.0 Å². The van der Waals surface area contributed by atoms with Crippen molar-refractivity contribution in [3.8, 4) is 11.5 Å². The van der Waals surface area contributed by atoms with Crippen LogP contribution in [-0.2, 0) is 4.79 Å². The number of para-hydroxylation sites is 2. The number of hydrogen-bond donors (Lipinski definition) is 1. The van der Waals surface area contributed by atoms with Gasteiger partial charge in [-0.2, -0.15) is 0 Å². The molecule has 0 unspecified atom stereocenters. The van der Waals surface area contributed by atoms with Crippen molar-refractivity contribution < 1.29 is 19.4 Å². The maximum atomic E-state index is 10.7. The van der Waals surface area contributed by atoms with E-state index in [1.165, 1.54) is 5.69 Å². The number of nitrogens with zero attached hydrogens (tertiary/aromatic N) is 2. The van der Waals surface area contributed by atoms with Gasteiger partial charge in [0.15, 0.2) is 18.1 Å². The zero-order chi connectivity index (χ0) is 16.8. The van der Waals surface area contributed by atoms with E-state index in [1.54, 1.807) is 24.5 Å². The highest BCUT2D eigenvalue weighted by Crippen LogP contribution is 2.30. The standard InChI is InChI=1S/C18H20N2O4/c21-18(22)13-23-16-3-1-2-4-17(16)24-15-7-11-20(12-8-15)14-5-9-19-10-6-14/h1-6,9-10,15H,7-8,11-13H2,(H,21,22). The lowest BCUT2D eigenvalue weighted by Crippen LogP contribution is -2.38. The highest BCUT2D eigenvalue weighted by atomic mass is 16.5. The number of hydrogen-bond acceptors (Lipinski definition) is 5. The zero-order valence-corrected chi connectivity index (χ0v) is 13.3. The second kappa shape index (κ2) is 7.68. The van der Waals surface area contributed by atoms with Crippen LogP contribution in [0.2, 0.25) is 0 Å². The first-order valence-corrected chi connectivity index (χ1v) is 7.97. The molecule has 3 rings (SSSR count). The lowest BCUT2D eigenvalue weighted by Gasteiger charge is -2.33. The van der Waals surface area contributed by atoms with Gasteiger partial charge >= 0.3 is 5.97 Å². The largest absolute Gasteiger partial charge is 0.486 e. The van der Waals surface area contributed by atoms with Gasteiger partial charge in [0.1, 0.15) is 6.10 Å². The number of ether oxygens (including phenoxy) is 2. The maximum absolute atomic E-state index is 10.7. The van der Waals surface area contributed by atoms with Gasteiger partial charge in [-0.15, -0.1) is 0 Å². The maximum Gasteiger partial charge on any atom is 0.341 e. The number of pyridine rings is 1. The van der Waals surface area contributed by atoms with Crippen LogP contribution < -0.4 is 14.4 Å². The fraction of sp³-hybridized carbons (Fsp3) is 0.333. The Labute approximate surface area is 140 Å². The molecular weight excluding hydrogens is 308 g/mol. The summed E-state index contributed by atoms with van der Waals surface area (Å²) in [5.74, 6) is 0.0630. The first-order chi connectivity index (χ1) is 11.7. The quantitative estimate of drug-likeness (QED) is 0.879. The van der Waals surface area contributed by atoms with Crippen molar-refractivity contribution in [3.05, 3.63) is 48.8 Å². The number of piperidine rings is 1. The van der Waals surface area contributed by atoms with Gasteiger partial charge in [0.05, 0.1) is 0 Å². The van der Waals surface area contributed by atoms with Gasteiger partial charge in [0.2, 0.25) is 0 Å². The van der Waals surface area contributed by atoms with Crippen LogP contribution in [0.3, 0.4) is 0 Å². The molecule has 1 aliphatic rings. The molecule has 6 nitrogen and oxygen atoms in total. The predicted molar refractivity (Wildman–Crippen MR) is 89.7 cm³/mol. The lowest BCUT2D eigenvalue weighted by molar-refractivity contribution is -0.139. The monoisotopic (exact) mass is 328 g/mol. The minimum Gasteiger partial charge on any atom is -0.486 e. The van der Waals surface area contributed by atoms with E-state index in [2.05, 4.69) is 9.88 Å². The third-order valence-electron chi connectivity index (χ3n) is 3.96. The first-order valence-electron chi connectivity index (χ1n) is 7.97. The van der Waals surface area contributed by atoms with Crippen molar-refractivity contribution in [1.29, 1.82) is 0 Å². The molecule has 2 aromatic rings. The fourth-order valence-electron chi connectivity index (χ4n) is 2.77. The lowest BCUT2D eigenvalue weighted by atomic mass is 10.1. The Morgan fingerprint density at radius 2 is 1.79 bits per heavy atom. The van der Waals surface area contributed by atoms with Crippen LogP contribution in [0.1, 0.15) is 12.8 Å². The fourth-order valence-corrected chi connectivity index (χ4v) is 2.77. The van der Waals surface area contributed by atoms with E-state index in [1.807, 2.05) is 24.3 Å². The highest BCUT2D eigenvalue weighted by Gasteiger charge is 2.22. The van der Waals surface area contributed by atoms with Crippen LogP contribution in [0.4, 0.5) is 5.69 Å². The first kappa shape index (κ1) is 16.1. The number of rotatable bonds is 6. The molecule has 0 bridgehead atoms. The van der Waals surface area contributed by atoms with Gasteiger partial charge in [0.25, 0.3) is 0 Å². The molecule has 1 N–H and O–H groups in total. The van der Waals surface area contributed by atoms with Gasteiger partial charge in [-0.25, -0.2) is 4.79 Å². The highest BCUT2D eigenvalue weighted by molar-refractivity contribution is 5.68. The molecule has 1 aromatic carbocycles. The van der Waals surface area contributed by atoms with Crippen molar-refractivity contribution in [3.63, 3.8) is 0 Å². The number of carboxylic acid groups (broad SMARTS) is 1. The summed E-state index contributed by atoms with van der Waals surface area (Å²) >= 11 is 0. The molecule has 0 radical (unpaired) electrons. The van der Waals surface area contributed by atoms with Crippen molar-refractivity contribution in [2.75, 3.05) is 24.6 Å². The Bertz CT molecular complexity index is 670. The SMILES string of the molecule is O=C(O)COc1ccccc1OC1CCN(c2ccncc2)CC1. The molecule has 1 saturated heterocycles. The van der Waals surface area contributed by atoms with Crippen LogP contribution in [0, 0.1) is 0 Å². The summed E-state index contributed by atoms with van der Waals surface area (Å²) in [5.41, 5.74) is 1.17. The van der Waals surface area contributed by atoms with E-state index >= 15 is 0 Å². The van der Waals surface area contributed by atoms with E-state index in [0.717, 1.165) is 25.9 Å². The summed E-state index contributed by atoms with van der Waals surface area (Å²) in [4.78, 5) is 17.0. The number of carboxylic acids is 1. The minimum atomic E-state index is -1.00. The molecule has 2 heterocycles. The number of carbonyl (C=O) groups is 1. The van der Waals surface area contributed by atoms with Gasteiger partial charge in [-0.05, 0) is 24.3 Å². The second-order valence-corrected chi connectivity index (χ2v) is 5.64. The normalized spacial score (nSPS) is 15.1. The van der Waals surface area contributed by atoms with E-state index in [9.17, 15) is 4.79 Å². The van der Waals surface area contributed by atoms with E-state index in [4.69, 9.17) is 14.6 Å². The smallest absolute Gasteiger partial charge is 0.341 e. The molecule has 0 aliphatic carbocycles. The summed E-state index contributed by atoms with van der Waals surface area (Å²) < 4.78 is 11.3.